The Morgan fingerprint density at radius 1 is 1.17 bits per heavy atom. The lowest BCUT2D eigenvalue weighted by molar-refractivity contribution is -0.155. The van der Waals surface area contributed by atoms with E-state index >= 15 is 0 Å². The van der Waals surface area contributed by atoms with Crippen molar-refractivity contribution in [2.75, 3.05) is 17.3 Å². The van der Waals surface area contributed by atoms with Gasteiger partial charge in [-0.25, -0.2) is 9.18 Å². The van der Waals surface area contributed by atoms with E-state index in [2.05, 4.69) is 4.98 Å². The maximum atomic E-state index is 13.4. The number of benzene rings is 1. The van der Waals surface area contributed by atoms with Crippen molar-refractivity contribution in [2.24, 2.45) is 0 Å². The van der Waals surface area contributed by atoms with E-state index in [1.165, 1.54) is 61.0 Å². The molecule has 0 spiro atoms. The smallest absolute Gasteiger partial charge is 0.330 e. The van der Waals surface area contributed by atoms with Gasteiger partial charge in [0.25, 0.3) is 5.56 Å². The molecule has 0 bridgehead atoms. The molecule has 2 saturated heterocycles. The molecule has 186 valence electrons. The van der Waals surface area contributed by atoms with E-state index in [9.17, 15) is 28.4 Å². The van der Waals surface area contributed by atoms with Gasteiger partial charge in [-0.2, -0.15) is 0 Å². The van der Waals surface area contributed by atoms with Gasteiger partial charge in [0.2, 0.25) is 5.91 Å². The molecule has 2 fully saturated rings. The van der Waals surface area contributed by atoms with Crippen LogP contribution in [0.25, 0.3) is 0 Å². The summed E-state index contributed by atoms with van der Waals surface area (Å²) in [6, 6.07) is 5.27. The number of ether oxygens (including phenoxy) is 3. The zero-order valence-corrected chi connectivity index (χ0v) is 19.6. The summed E-state index contributed by atoms with van der Waals surface area (Å²) in [4.78, 5) is 64.3. The lowest BCUT2D eigenvalue weighted by Crippen LogP contribution is -2.37. The van der Waals surface area contributed by atoms with Crippen LogP contribution in [-0.2, 0) is 28.6 Å². The highest BCUT2D eigenvalue weighted by Crippen LogP contribution is 2.41. The molecule has 1 N–H and O–H groups in total. The second-order valence-corrected chi connectivity index (χ2v) is 9.04. The van der Waals surface area contributed by atoms with Gasteiger partial charge in [-0.3, -0.25) is 33.6 Å². The number of anilines is 1. The number of H-pyrrole nitrogens is 1. The highest BCUT2D eigenvalue weighted by Gasteiger charge is 2.41. The third-order valence-corrected chi connectivity index (χ3v) is 6.69. The number of hydrogen-bond donors (Lipinski definition) is 1. The summed E-state index contributed by atoms with van der Waals surface area (Å²) >= 11 is 1.18. The van der Waals surface area contributed by atoms with E-state index in [1.807, 2.05) is 0 Å². The first-order chi connectivity index (χ1) is 16.6. The SMILES string of the molecule is CC(=O)OC[C@H]1O[C@@H](n2cc(C3SCC(=O)N3c3ccc(F)cc3)c(=O)[nH]c2=O)C[C@@H]1OC(C)=O. The first-order valence-electron chi connectivity index (χ1n) is 10.6. The molecule has 35 heavy (non-hydrogen) atoms. The van der Waals surface area contributed by atoms with E-state index in [0.717, 1.165) is 4.57 Å². The largest absolute Gasteiger partial charge is 0.463 e. The van der Waals surface area contributed by atoms with Gasteiger partial charge >= 0.3 is 17.6 Å². The summed E-state index contributed by atoms with van der Waals surface area (Å²) in [6.07, 6.45) is -1.19. The van der Waals surface area contributed by atoms with Crippen molar-refractivity contribution < 1.29 is 33.0 Å². The Hall–Kier alpha value is -3.45. The first-order valence-corrected chi connectivity index (χ1v) is 11.7. The molecule has 1 amide bonds. The molecule has 2 aliphatic rings. The predicted octanol–water partition coefficient (Wildman–Crippen LogP) is 1.24. The van der Waals surface area contributed by atoms with Crippen molar-refractivity contribution >= 4 is 35.3 Å². The molecule has 0 aliphatic carbocycles. The minimum atomic E-state index is -0.940. The van der Waals surface area contributed by atoms with Crippen LogP contribution < -0.4 is 16.1 Å². The molecule has 2 aliphatic heterocycles. The van der Waals surface area contributed by atoms with Gasteiger partial charge in [-0.15, -0.1) is 11.8 Å². The number of halogens is 1. The fourth-order valence-corrected chi connectivity index (χ4v) is 5.16. The number of amides is 1. The summed E-state index contributed by atoms with van der Waals surface area (Å²) in [6.45, 7) is 2.25. The Morgan fingerprint density at radius 2 is 1.89 bits per heavy atom. The maximum absolute atomic E-state index is 13.4. The van der Waals surface area contributed by atoms with Crippen LogP contribution in [0.4, 0.5) is 10.1 Å². The Bertz CT molecular complexity index is 1260. The number of aromatic amines is 1. The van der Waals surface area contributed by atoms with Gasteiger partial charge in [0.15, 0.2) is 0 Å². The summed E-state index contributed by atoms with van der Waals surface area (Å²) in [7, 11) is 0. The van der Waals surface area contributed by atoms with Crippen molar-refractivity contribution in [1.29, 1.82) is 0 Å². The van der Waals surface area contributed by atoms with Gasteiger partial charge in [-0.05, 0) is 24.3 Å². The van der Waals surface area contributed by atoms with E-state index in [1.54, 1.807) is 0 Å². The fraction of sp³-hybridized carbons (Fsp3) is 0.409. The highest BCUT2D eigenvalue weighted by molar-refractivity contribution is 8.00. The Balaban J connectivity index is 1.66. The number of esters is 2. The number of nitrogens with one attached hydrogen (secondary N) is 1. The van der Waals surface area contributed by atoms with Crippen molar-refractivity contribution in [2.45, 2.75) is 44.1 Å². The Labute approximate surface area is 202 Å². The van der Waals surface area contributed by atoms with Crippen molar-refractivity contribution in [3.63, 3.8) is 0 Å². The monoisotopic (exact) mass is 507 g/mol. The van der Waals surface area contributed by atoms with Crippen LogP contribution in [0.15, 0.2) is 40.1 Å². The van der Waals surface area contributed by atoms with Crippen LogP contribution in [-0.4, -0.2) is 52.0 Å². The number of carbonyl (C=O) groups is 3. The average molecular weight is 507 g/mol. The second-order valence-electron chi connectivity index (χ2n) is 7.97. The van der Waals surface area contributed by atoms with Crippen molar-refractivity contribution in [3.05, 3.63) is 62.7 Å². The van der Waals surface area contributed by atoms with Gasteiger partial charge < -0.3 is 14.2 Å². The molecule has 4 rings (SSSR count). The summed E-state index contributed by atoms with van der Waals surface area (Å²) in [5.41, 5.74) is -0.935. The summed E-state index contributed by atoms with van der Waals surface area (Å²) in [5.74, 6) is -1.79. The number of thioether (sulfide) groups is 1. The van der Waals surface area contributed by atoms with Crippen LogP contribution in [0.1, 0.15) is 37.4 Å². The lowest BCUT2D eigenvalue weighted by Gasteiger charge is -2.24. The average Bonchev–Trinajstić information content (AvgIpc) is 3.36. The van der Waals surface area contributed by atoms with E-state index in [-0.39, 0.29) is 30.3 Å². The minimum absolute atomic E-state index is 0.0648. The van der Waals surface area contributed by atoms with Crippen molar-refractivity contribution in [1.82, 2.24) is 9.55 Å². The third kappa shape index (κ3) is 5.30. The summed E-state index contributed by atoms with van der Waals surface area (Å²) in [5, 5.41) is -0.772. The first kappa shape index (κ1) is 24.7. The summed E-state index contributed by atoms with van der Waals surface area (Å²) < 4.78 is 30.6. The minimum Gasteiger partial charge on any atom is -0.463 e. The molecule has 13 heteroatoms. The fourth-order valence-electron chi connectivity index (χ4n) is 3.98. The molecular weight excluding hydrogens is 485 g/mol. The zero-order chi connectivity index (χ0) is 25.3. The number of hydrogen-bond acceptors (Lipinski definition) is 9. The van der Waals surface area contributed by atoms with Gasteiger partial charge in [0.05, 0.1) is 11.3 Å². The van der Waals surface area contributed by atoms with Crippen LogP contribution in [0, 0.1) is 5.82 Å². The van der Waals surface area contributed by atoms with Crippen molar-refractivity contribution in [3.8, 4) is 0 Å². The molecule has 0 saturated carbocycles. The Morgan fingerprint density at radius 3 is 2.54 bits per heavy atom. The highest BCUT2D eigenvalue weighted by atomic mass is 32.2. The Kier molecular flexibility index (Phi) is 7.08. The number of aromatic nitrogens is 2. The number of rotatable bonds is 6. The van der Waals surface area contributed by atoms with Crippen LogP contribution in [0.2, 0.25) is 0 Å². The van der Waals surface area contributed by atoms with E-state index < -0.39 is 52.8 Å². The van der Waals surface area contributed by atoms with Gasteiger partial charge in [-0.1, -0.05) is 0 Å². The molecule has 1 unspecified atom stereocenters. The lowest BCUT2D eigenvalue weighted by atomic mass is 10.2. The molecule has 3 heterocycles. The zero-order valence-electron chi connectivity index (χ0n) is 18.8. The molecule has 0 radical (unpaired) electrons. The molecular formula is C22H22FN3O8S. The molecule has 1 aromatic heterocycles. The maximum Gasteiger partial charge on any atom is 0.330 e. The van der Waals surface area contributed by atoms with Crippen LogP contribution >= 0.6 is 11.8 Å². The van der Waals surface area contributed by atoms with Gasteiger partial charge in [0, 0.05) is 32.2 Å². The molecule has 11 nitrogen and oxygen atoms in total. The van der Waals surface area contributed by atoms with Crippen LogP contribution in [0.3, 0.4) is 0 Å². The van der Waals surface area contributed by atoms with Crippen LogP contribution in [0.5, 0.6) is 0 Å². The molecule has 4 atom stereocenters. The van der Waals surface area contributed by atoms with Gasteiger partial charge in [0.1, 0.15) is 36.2 Å². The number of carbonyl (C=O) groups excluding carboxylic acids is 3. The quantitative estimate of drug-likeness (QED) is 0.573. The van der Waals surface area contributed by atoms with E-state index in [4.69, 9.17) is 14.2 Å². The second kappa shape index (κ2) is 10.0. The number of nitrogens with zero attached hydrogens (tertiary/aromatic N) is 2. The standard InChI is InChI=1S/C22H22FN3O8S/c1-11(27)32-9-17-16(33-12(2)28)7-19(34-17)25-8-15(20(30)24-22(25)31)21-26(18(29)10-35-21)14-5-3-13(23)4-6-14/h3-6,8,16-17,19,21H,7,9-10H2,1-2H3,(H,24,30,31)/t16-,17+,19+,21?/m0/s1. The third-order valence-electron chi connectivity index (χ3n) is 5.49. The topological polar surface area (TPSA) is 137 Å². The molecule has 1 aromatic carbocycles. The molecule has 2 aromatic rings. The normalized spacial score (nSPS) is 24.0. The predicted molar refractivity (Wildman–Crippen MR) is 121 cm³/mol. The van der Waals surface area contributed by atoms with E-state index in [0.29, 0.717) is 5.69 Å².